The summed E-state index contributed by atoms with van der Waals surface area (Å²) >= 11 is 0. The highest BCUT2D eigenvalue weighted by Gasteiger charge is 2.23. The summed E-state index contributed by atoms with van der Waals surface area (Å²) in [5, 5.41) is 10.4. The molecule has 2 heterocycles. The second-order valence-electron chi connectivity index (χ2n) is 5.52. The van der Waals surface area contributed by atoms with Crippen LogP contribution < -0.4 is 5.56 Å². The maximum absolute atomic E-state index is 12.3. The highest BCUT2D eigenvalue weighted by atomic mass is 16.3. The standard InChI is InChI=1S/C19H15NO2/c21-16-12-17(22)20-11-10-13-6-4-5-9-15(13)19(20)18(16)14-7-2-1-3-8-14/h1-9,12,21H,10-11H2. The number of hydrogen-bond donors (Lipinski definition) is 1. The first-order valence-electron chi connectivity index (χ1n) is 7.36. The molecule has 3 nitrogen and oxygen atoms in total. The third kappa shape index (κ3) is 1.86. The van der Waals surface area contributed by atoms with Crippen LogP contribution in [0, 0.1) is 0 Å². The van der Waals surface area contributed by atoms with Gasteiger partial charge < -0.3 is 9.67 Å². The number of pyridine rings is 1. The van der Waals surface area contributed by atoms with Crippen molar-refractivity contribution in [1.29, 1.82) is 0 Å². The van der Waals surface area contributed by atoms with Crippen molar-refractivity contribution in [3.8, 4) is 28.1 Å². The monoisotopic (exact) mass is 289 g/mol. The fourth-order valence-corrected chi connectivity index (χ4v) is 3.23. The smallest absolute Gasteiger partial charge is 0.254 e. The molecule has 1 aromatic heterocycles. The zero-order valence-corrected chi connectivity index (χ0v) is 12.0. The van der Waals surface area contributed by atoms with Crippen LogP contribution in [-0.2, 0) is 13.0 Å². The minimum atomic E-state index is -0.151. The third-order valence-electron chi connectivity index (χ3n) is 4.23. The molecule has 0 radical (unpaired) electrons. The van der Waals surface area contributed by atoms with Gasteiger partial charge >= 0.3 is 0 Å². The molecular weight excluding hydrogens is 274 g/mol. The topological polar surface area (TPSA) is 42.2 Å². The molecule has 0 amide bonds. The molecular formula is C19H15NO2. The lowest BCUT2D eigenvalue weighted by Crippen LogP contribution is -2.26. The zero-order chi connectivity index (χ0) is 15.1. The molecule has 0 bridgehead atoms. The summed E-state index contributed by atoms with van der Waals surface area (Å²) in [5.74, 6) is 0.0409. The number of aryl methyl sites for hydroxylation is 1. The molecule has 0 spiro atoms. The van der Waals surface area contributed by atoms with E-state index in [1.54, 1.807) is 4.57 Å². The van der Waals surface area contributed by atoms with Gasteiger partial charge in [-0.25, -0.2) is 0 Å². The summed E-state index contributed by atoms with van der Waals surface area (Å²) in [6.07, 6.45) is 0.835. The van der Waals surface area contributed by atoms with Crippen LogP contribution in [0.1, 0.15) is 5.56 Å². The van der Waals surface area contributed by atoms with E-state index in [0.717, 1.165) is 28.8 Å². The Morgan fingerprint density at radius 1 is 0.955 bits per heavy atom. The van der Waals surface area contributed by atoms with Gasteiger partial charge in [0, 0.05) is 23.7 Å². The normalized spacial score (nSPS) is 12.5. The third-order valence-corrected chi connectivity index (χ3v) is 4.23. The molecule has 0 saturated heterocycles. The molecule has 1 N–H and O–H groups in total. The Kier molecular flexibility index (Phi) is 2.86. The van der Waals surface area contributed by atoms with E-state index >= 15 is 0 Å². The van der Waals surface area contributed by atoms with E-state index in [1.165, 1.54) is 11.6 Å². The lowest BCUT2D eigenvalue weighted by atomic mass is 9.91. The molecule has 3 heteroatoms. The Balaban J connectivity index is 2.12. The van der Waals surface area contributed by atoms with Crippen molar-refractivity contribution in [3.63, 3.8) is 0 Å². The summed E-state index contributed by atoms with van der Waals surface area (Å²) in [4.78, 5) is 12.3. The van der Waals surface area contributed by atoms with Crippen molar-refractivity contribution >= 4 is 0 Å². The van der Waals surface area contributed by atoms with E-state index in [-0.39, 0.29) is 11.3 Å². The average molecular weight is 289 g/mol. The molecule has 0 fully saturated rings. The summed E-state index contributed by atoms with van der Waals surface area (Å²) in [6.45, 7) is 0.644. The number of benzene rings is 2. The molecule has 0 saturated carbocycles. The maximum atomic E-state index is 12.3. The van der Waals surface area contributed by atoms with Gasteiger partial charge in [0.1, 0.15) is 5.75 Å². The van der Waals surface area contributed by atoms with Crippen LogP contribution in [0.15, 0.2) is 65.5 Å². The fraction of sp³-hybridized carbons (Fsp3) is 0.105. The quantitative estimate of drug-likeness (QED) is 0.745. The Labute approximate surface area is 128 Å². The van der Waals surface area contributed by atoms with Crippen LogP contribution in [0.25, 0.3) is 22.4 Å². The Morgan fingerprint density at radius 3 is 2.50 bits per heavy atom. The second kappa shape index (κ2) is 4.88. The Hall–Kier alpha value is -2.81. The number of rotatable bonds is 1. The summed E-state index contributed by atoms with van der Waals surface area (Å²) < 4.78 is 1.77. The minimum absolute atomic E-state index is 0.0409. The minimum Gasteiger partial charge on any atom is -0.507 e. The van der Waals surface area contributed by atoms with Crippen molar-refractivity contribution in [2.24, 2.45) is 0 Å². The highest BCUT2D eigenvalue weighted by Crippen LogP contribution is 2.40. The summed E-state index contributed by atoms with van der Waals surface area (Å²) in [6, 6.07) is 19.1. The number of aromatic nitrogens is 1. The first kappa shape index (κ1) is 12.9. The molecule has 0 atom stereocenters. The molecule has 2 aromatic carbocycles. The van der Waals surface area contributed by atoms with Gasteiger partial charge in [-0.15, -0.1) is 0 Å². The van der Waals surface area contributed by atoms with E-state index in [0.29, 0.717) is 6.54 Å². The summed E-state index contributed by atoms with van der Waals surface area (Å²) in [7, 11) is 0. The molecule has 108 valence electrons. The van der Waals surface area contributed by atoms with E-state index in [9.17, 15) is 9.90 Å². The van der Waals surface area contributed by atoms with Crippen LogP contribution in [0.4, 0.5) is 0 Å². The highest BCUT2D eigenvalue weighted by molar-refractivity contribution is 5.86. The van der Waals surface area contributed by atoms with Gasteiger partial charge in [-0.1, -0.05) is 54.6 Å². The molecule has 3 aromatic rings. The second-order valence-corrected chi connectivity index (χ2v) is 5.52. The van der Waals surface area contributed by atoms with E-state index in [4.69, 9.17) is 0 Å². The van der Waals surface area contributed by atoms with E-state index in [2.05, 4.69) is 6.07 Å². The average Bonchev–Trinajstić information content (AvgIpc) is 2.55. The lowest BCUT2D eigenvalue weighted by Gasteiger charge is -2.25. The fourth-order valence-electron chi connectivity index (χ4n) is 3.23. The molecule has 1 aliphatic rings. The summed E-state index contributed by atoms with van der Waals surface area (Å²) in [5.41, 5.74) is 4.55. The maximum Gasteiger partial charge on any atom is 0.254 e. The van der Waals surface area contributed by atoms with E-state index < -0.39 is 0 Å². The van der Waals surface area contributed by atoms with Gasteiger partial charge in [-0.2, -0.15) is 0 Å². The molecule has 22 heavy (non-hydrogen) atoms. The SMILES string of the molecule is O=c1cc(O)c(-c2ccccc2)c2n1CCc1ccccc1-2. The van der Waals surface area contributed by atoms with Crippen LogP contribution >= 0.6 is 0 Å². The Bertz CT molecular complexity index is 910. The van der Waals surface area contributed by atoms with E-state index in [1.807, 2.05) is 48.5 Å². The van der Waals surface area contributed by atoms with Gasteiger partial charge in [-0.3, -0.25) is 4.79 Å². The van der Waals surface area contributed by atoms with Gasteiger partial charge in [0.05, 0.1) is 5.69 Å². The number of hydrogen-bond acceptors (Lipinski definition) is 2. The first-order chi connectivity index (χ1) is 10.8. The zero-order valence-electron chi connectivity index (χ0n) is 12.0. The first-order valence-corrected chi connectivity index (χ1v) is 7.36. The van der Waals surface area contributed by atoms with Gasteiger partial charge in [-0.05, 0) is 17.5 Å². The lowest BCUT2D eigenvalue weighted by molar-refractivity contribution is 0.473. The van der Waals surface area contributed by atoms with Crippen molar-refractivity contribution < 1.29 is 5.11 Å². The predicted molar refractivity (Wildman–Crippen MR) is 86.9 cm³/mol. The van der Waals surface area contributed by atoms with Crippen molar-refractivity contribution in [2.45, 2.75) is 13.0 Å². The van der Waals surface area contributed by atoms with Crippen molar-refractivity contribution in [2.75, 3.05) is 0 Å². The molecule has 0 aliphatic carbocycles. The van der Waals surface area contributed by atoms with Crippen LogP contribution in [0.5, 0.6) is 5.75 Å². The van der Waals surface area contributed by atoms with Crippen molar-refractivity contribution in [3.05, 3.63) is 76.6 Å². The molecule has 1 aliphatic heterocycles. The molecule has 0 unspecified atom stereocenters. The van der Waals surface area contributed by atoms with Crippen LogP contribution in [0.2, 0.25) is 0 Å². The van der Waals surface area contributed by atoms with Gasteiger partial charge in [0.25, 0.3) is 5.56 Å². The van der Waals surface area contributed by atoms with Crippen LogP contribution in [0.3, 0.4) is 0 Å². The molecule has 4 rings (SSSR count). The largest absolute Gasteiger partial charge is 0.507 e. The Morgan fingerprint density at radius 2 is 1.68 bits per heavy atom. The van der Waals surface area contributed by atoms with Crippen LogP contribution in [-0.4, -0.2) is 9.67 Å². The number of aromatic hydroxyl groups is 1. The predicted octanol–water partition coefficient (Wildman–Crippen LogP) is 3.44. The number of fused-ring (bicyclic) bond motifs is 3. The van der Waals surface area contributed by atoms with Crippen molar-refractivity contribution in [1.82, 2.24) is 4.57 Å². The van der Waals surface area contributed by atoms with Gasteiger partial charge in [0.2, 0.25) is 0 Å². The van der Waals surface area contributed by atoms with Gasteiger partial charge in [0.15, 0.2) is 0 Å². The number of nitrogens with zero attached hydrogens (tertiary/aromatic N) is 1.